The zero-order valence-electron chi connectivity index (χ0n) is 10.9. The Morgan fingerprint density at radius 1 is 1.32 bits per heavy atom. The average molecular weight is 323 g/mol. The van der Waals surface area contributed by atoms with Crippen molar-refractivity contribution in [2.45, 2.75) is 32.7 Å². The van der Waals surface area contributed by atoms with E-state index in [1.165, 1.54) is 0 Å². The van der Waals surface area contributed by atoms with Crippen molar-refractivity contribution in [1.82, 2.24) is 15.1 Å². The summed E-state index contributed by atoms with van der Waals surface area (Å²) >= 11 is 3.52. The summed E-state index contributed by atoms with van der Waals surface area (Å²) in [7, 11) is 0. The third-order valence-corrected chi connectivity index (χ3v) is 3.75. The van der Waals surface area contributed by atoms with Gasteiger partial charge in [-0.05, 0) is 31.9 Å². The number of halogens is 1. The molecule has 0 N–H and O–H groups in total. The lowest BCUT2D eigenvalue weighted by Gasteiger charge is -2.23. The molecule has 2 aromatic heterocycles. The molecule has 1 aliphatic heterocycles. The lowest BCUT2D eigenvalue weighted by Crippen LogP contribution is -2.24. The molecule has 0 saturated carbocycles. The van der Waals surface area contributed by atoms with Gasteiger partial charge in [0.05, 0.1) is 6.04 Å². The average Bonchev–Trinajstić information content (AvgIpc) is 2.95. The number of hydrogen-bond donors (Lipinski definition) is 0. The van der Waals surface area contributed by atoms with E-state index in [1.54, 1.807) is 0 Å². The zero-order valence-corrected chi connectivity index (χ0v) is 12.5. The van der Waals surface area contributed by atoms with Crippen LogP contribution in [-0.2, 0) is 0 Å². The second-order valence-electron chi connectivity index (χ2n) is 4.81. The summed E-state index contributed by atoms with van der Waals surface area (Å²) in [6.07, 6.45) is 2.15. The molecule has 0 bridgehead atoms. The molecule has 1 aliphatic rings. The van der Waals surface area contributed by atoms with Gasteiger partial charge in [0.25, 0.3) is 0 Å². The Morgan fingerprint density at radius 2 is 2.16 bits per heavy atom. The first-order chi connectivity index (χ1) is 9.13. The van der Waals surface area contributed by atoms with Gasteiger partial charge in [0, 0.05) is 23.6 Å². The van der Waals surface area contributed by atoms with Crippen LogP contribution in [0.15, 0.2) is 21.1 Å². The number of aryl methyl sites for hydroxylation is 2. The quantitative estimate of drug-likeness (QED) is 0.849. The first-order valence-corrected chi connectivity index (χ1v) is 7.14. The van der Waals surface area contributed by atoms with Crippen LogP contribution in [0.5, 0.6) is 0 Å². The first-order valence-electron chi connectivity index (χ1n) is 6.34. The number of rotatable bonds is 2. The Kier molecular flexibility index (Phi) is 3.26. The summed E-state index contributed by atoms with van der Waals surface area (Å²) in [5, 5.41) is 4.05. The topological polar surface area (TPSA) is 55.1 Å². The van der Waals surface area contributed by atoms with Gasteiger partial charge in [0.1, 0.15) is 5.82 Å². The molecule has 1 fully saturated rings. The lowest BCUT2D eigenvalue weighted by atomic mass is 10.2. The molecule has 1 saturated heterocycles. The molecule has 5 nitrogen and oxygen atoms in total. The van der Waals surface area contributed by atoms with Crippen molar-refractivity contribution in [3.8, 4) is 0 Å². The van der Waals surface area contributed by atoms with Crippen molar-refractivity contribution >= 4 is 21.7 Å². The van der Waals surface area contributed by atoms with Crippen molar-refractivity contribution in [1.29, 1.82) is 0 Å². The van der Waals surface area contributed by atoms with Crippen LogP contribution in [0.1, 0.15) is 36.3 Å². The van der Waals surface area contributed by atoms with E-state index in [9.17, 15) is 0 Å². The van der Waals surface area contributed by atoms with Gasteiger partial charge in [-0.1, -0.05) is 21.1 Å². The van der Waals surface area contributed by atoms with E-state index >= 15 is 0 Å². The number of pyridine rings is 1. The summed E-state index contributed by atoms with van der Waals surface area (Å²) in [6, 6.07) is 4.21. The van der Waals surface area contributed by atoms with E-state index in [4.69, 9.17) is 4.52 Å². The fourth-order valence-electron chi connectivity index (χ4n) is 2.52. The molecule has 6 heteroatoms. The second kappa shape index (κ2) is 4.92. The van der Waals surface area contributed by atoms with Gasteiger partial charge in [-0.3, -0.25) is 0 Å². The molecular weight excluding hydrogens is 308 g/mol. The number of anilines is 1. The van der Waals surface area contributed by atoms with Crippen LogP contribution >= 0.6 is 15.9 Å². The normalized spacial score (nSPS) is 19.1. The largest absolute Gasteiger partial charge is 0.346 e. The molecule has 0 amide bonds. The van der Waals surface area contributed by atoms with Gasteiger partial charge in [-0.2, -0.15) is 4.98 Å². The molecule has 3 heterocycles. The molecule has 0 radical (unpaired) electrons. The van der Waals surface area contributed by atoms with Gasteiger partial charge in [0.2, 0.25) is 5.89 Å². The van der Waals surface area contributed by atoms with E-state index in [0.29, 0.717) is 5.89 Å². The zero-order chi connectivity index (χ0) is 13.4. The minimum Gasteiger partial charge on any atom is -0.346 e. The smallest absolute Gasteiger partial charge is 0.223 e. The number of hydrogen-bond acceptors (Lipinski definition) is 5. The summed E-state index contributed by atoms with van der Waals surface area (Å²) in [5.74, 6) is 2.34. The summed E-state index contributed by atoms with van der Waals surface area (Å²) in [4.78, 5) is 11.2. The van der Waals surface area contributed by atoms with Crippen molar-refractivity contribution < 1.29 is 4.52 Å². The van der Waals surface area contributed by atoms with Gasteiger partial charge < -0.3 is 9.42 Å². The van der Waals surface area contributed by atoms with Gasteiger partial charge >= 0.3 is 0 Å². The molecule has 100 valence electrons. The molecule has 0 spiro atoms. The summed E-state index contributed by atoms with van der Waals surface area (Å²) in [6.45, 7) is 4.79. The van der Waals surface area contributed by atoms with Crippen molar-refractivity contribution in [3.05, 3.63) is 34.0 Å². The Morgan fingerprint density at radius 3 is 2.84 bits per heavy atom. The van der Waals surface area contributed by atoms with E-state index in [1.807, 2.05) is 26.0 Å². The minimum atomic E-state index is 0.165. The van der Waals surface area contributed by atoms with E-state index in [2.05, 4.69) is 36.0 Å². The Labute approximate surface area is 120 Å². The standard InChI is InChI=1S/C13H15BrN4O/c1-8-6-10(14)7-12(15-8)18-5-3-4-11(18)13-16-9(2)19-17-13/h6-7,11H,3-5H2,1-2H3. The van der Waals surface area contributed by atoms with Crippen LogP contribution in [0.4, 0.5) is 5.82 Å². The van der Waals surface area contributed by atoms with E-state index in [0.717, 1.165) is 41.2 Å². The van der Waals surface area contributed by atoms with Crippen molar-refractivity contribution in [2.75, 3.05) is 11.4 Å². The SMILES string of the molecule is Cc1cc(Br)cc(N2CCCC2c2noc(C)n2)n1. The van der Waals surface area contributed by atoms with Crippen LogP contribution in [0.3, 0.4) is 0 Å². The number of aromatic nitrogens is 3. The molecule has 1 atom stereocenters. The van der Waals surface area contributed by atoms with Gasteiger partial charge in [0.15, 0.2) is 5.82 Å². The maximum Gasteiger partial charge on any atom is 0.223 e. The predicted molar refractivity (Wildman–Crippen MR) is 75.0 cm³/mol. The molecule has 2 aromatic rings. The monoisotopic (exact) mass is 322 g/mol. The molecular formula is C13H15BrN4O. The van der Waals surface area contributed by atoms with Crippen LogP contribution in [0.2, 0.25) is 0 Å². The maximum absolute atomic E-state index is 5.09. The highest BCUT2D eigenvalue weighted by molar-refractivity contribution is 9.10. The highest BCUT2D eigenvalue weighted by atomic mass is 79.9. The Balaban J connectivity index is 1.94. The van der Waals surface area contributed by atoms with Crippen LogP contribution < -0.4 is 4.90 Å². The minimum absolute atomic E-state index is 0.165. The van der Waals surface area contributed by atoms with Crippen LogP contribution in [0.25, 0.3) is 0 Å². The van der Waals surface area contributed by atoms with Crippen LogP contribution in [-0.4, -0.2) is 21.7 Å². The highest BCUT2D eigenvalue weighted by Gasteiger charge is 2.30. The molecule has 0 aliphatic carbocycles. The maximum atomic E-state index is 5.09. The fraction of sp³-hybridized carbons (Fsp3) is 0.462. The highest BCUT2D eigenvalue weighted by Crippen LogP contribution is 2.34. The summed E-state index contributed by atoms with van der Waals surface area (Å²) < 4.78 is 6.14. The molecule has 3 rings (SSSR count). The Hall–Kier alpha value is -1.43. The van der Waals surface area contributed by atoms with Crippen molar-refractivity contribution in [2.24, 2.45) is 0 Å². The first kappa shape index (κ1) is 12.6. The summed E-state index contributed by atoms with van der Waals surface area (Å²) in [5.41, 5.74) is 0.999. The van der Waals surface area contributed by atoms with E-state index in [-0.39, 0.29) is 6.04 Å². The third kappa shape index (κ3) is 2.49. The predicted octanol–water partition coefficient (Wildman–Crippen LogP) is 3.19. The van der Waals surface area contributed by atoms with E-state index < -0.39 is 0 Å². The van der Waals surface area contributed by atoms with Gasteiger partial charge in [-0.25, -0.2) is 4.98 Å². The second-order valence-corrected chi connectivity index (χ2v) is 5.72. The third-order valence-electron chi connectivity index (χ3n) is 3.29. The van der Waals surface area contributed by atoms with Crippen molar-refractivity contribution in [3.63, 3.8) is 0 Å². The van der Waals surface area contributed by atoms with Crippen LogP contribution in [0, 0.1) is 13.8 Å². The Bertz CT molecular complexity index is 578. The molecule has 19 heavy (non-hydrogen) atoms. The fourth-order valence-corrected chi connectivity index (χ4v) is 3.05. The number of nitrogens with zero attached hydrogens (tertiary/aromatic N) is 4. The lowest BCUT2D eigenvalue weighted by molar-refractivity contribution is 0.383. The van der Waals surface area contributed by atoms with Gasteiger partial charge in [-0.15, -0.1) is 0 Å². The molecule has 0 aromatic carbocycles. The molecule has 1 unspecified atom stereocenters.